The molecule has 1 saturated heterocycles. The zero-order valence-corrected chi connectivity index (χ0v) is 28.6. The number of rotatable bonds is 20. The van der Waals surface area contributed by atoms with Gasteiger partial charge in [-0.3, -0.25) is 28.8 Å². The number of methoxy groups -OCH3 is 1. The highest BCUT2D eigenvalue weighted by Crippen LogP contribution is 2.37. The Bertz CT molecular complexity index is 1080. The van der Waals surface area contributed by atoms with Crippen molar-refractivity contribution in [1.82, 2.24) is 5.32 Å². The highest BCUT2D eigenvalue weighted by molar-refractivity contribution is 5.82. The van der Waals surface area contributed by atoms with E-state index in [0.717, 1.165) is 7.11 Å². The van der Waals surface area contributed by atoms with Crippen molar-refractivity contribution in [2.24, 2.45) is 0 Å². The van der Waals surface area contributed by atoms with Gasteiger partial charge in [0.05, 0.1) is 19.6 Å². The molecule has 15 heteroatoms. The van der Waals surface area contributed by atoms with Gasteiger partial charge in [0, 0.05) is 39.0 Å². The van der Waals surface area contributed by atoms with Crippen molar-refractivity contribution in [1.29, 1.82) is 0 Å². The molecule has 268 valence electrons. The molecule has 0 spiro atoms. The number of esters is 6. The first kappa shape index (κ1) is 41.3. The molecule has 1 aliphatic heterocycles. The third-order valence-electron chi connectivity index (χ3n) is 6.90. The number of nitrogens with one attached hydrogen (secondary N) is 1. The molecule has 0 aromatic rings. The van der Waals surface area contributed by atoms with Crippen LogP contribution >= 0.6 is 0 Å². The molecule has 0 radical (unpaired) electrons. The Labute approximate surface area is 276 Å². The lowest BCUT2D eigenvalue weighted by Gasteiger charge is -2.48. The molecule has 1 fully saturated rings. The Balaban J connectivity index is 4.01. The second-order valence-electron chi connectivity index (χ2n) is 11.2. The lowest BCUT2D eigenvalue weighted by Crippen LogP contribution is -2.69. The summed E-state index contributed by atoms with van der Waals surface area (Å²) in [4.78, 5) is 90.0. The summed E-state index contributed by atoms with van der Waals surface area (Å²) in [6, 6.07) is -1.35. The molecule has 0 saturated carbocycles. The second-order valence-corrected chi connectivity index (χ2v) is 11.2. The summed E-state index contributed by atoms with van der Waals surface area (Å²) in [5.41, 5.74) is 0. The summed E-state index contributed by atoms with van der Waals surface area (Å²) in [5.74, 6) is -8.06. The van der Waals surface area contributed by atoms with Gasteiger partial charge in [0.15, 0.2) is 12.2 Å². The standard InChI is InChI=1S/C32H51NO14/c1-8-13-23(35)42-19-22(44-25(37)15-10-3)29(45-26(38)16-11-4)30-28(33-20(6)34)21(43-24(36)14-9-2)18-32(47-30,31(40)41-7)46-27(39)17-12-5/h21-22,28-30H,8-19H2,1-7H3,(H,33,34)/t21-,22+,28-,29+,30+,32?/m0/s1. The van der Waals surface area contributed by atoms with Crippen LogP contribution in [0.25, 0.3) is 0 Å². The molecule has 1 N–H and O–H groups in total. The molecule has 0 aromatic carbocycles. The molecular formula is C32H51NO14. The van der Waals surface area contributed by atoms with Crippen LogP contribution in [0, 0.1) is 0 Å². The zero-order chi connectivity index (χ0) is 35.6. The van der Waals surface area contributed by atoms with Crippen LogP contribution in [0.5, 0.6) is 0 Å². The van der Waals surface area contributed by atoms with Crippen molar-refractivity contribution in [2.45, 2.75) is 148 Å². The topological polar surface area (TPSA) is 196 Å². The van der Waals surface area contributed by atoms with Gasteiger partial charge >= 0.3 is 41.6 Å². The molecule has 0 aliphatic carbocycles. The second kappa shape index (κ2) is 21.2. The SMILES string of the molecule is CCCC(=O)OC[C@@H](OC(=O)CCC)[C@@H](OC(=O)CCC)[C@@H]1OC(OC(=O)CCC)(C(=O)OC)C[C@H](OC(=O)CCC)[C@@H]1NC(C)=O. The summed E-state index contributed by atoms with van der Waals surface area (Å²) in [6.07, 6.45) is -5.23. The van der Waals surface area contributed by atoms with Gasteiger partial charge in [-0.05, 0) is 32.1 Å². The van der Waals surface area contributed by atoms with Crippen LogP contribution in [0.4, 0.5) is 0 Å². The molecule has 1 aliphatic rings. The number of hydrogen-bond acceptors (Lipinski definition) is 14. The third-order valence-corrected chi connectivity index (χ3v) is 6.90. The van der Waals surface area contributed by atoms with Crippen molar-refractivity contribution in [3.05, 3.63) is 0 Å². The number of amides is 1. The number of hydrogen-bond donors (Lipinski definition) is 1. The molecule has 1 rings (SSSR count). The van der Waals surface area contributed by atoms with E-state index in [4.69, 9.17) is 33.2 Å². The minimum Gasteiger partial charge on any atom is -0.464 e. The summed E-state index contributed by atoms with van der Waals surface area (Å²) >= 11 is 0. The minimum atomic E-state index is -2.55. The van der Waals surface area contributed by atoms with Crippen molar-refractivity contribution in [3.8, 4) is 0 Å². The zero-order valence-electron chi connectivity index (χ0n) is 28.6. The molecule has 47 heavy (non-hydrogen) atoms. The van der Waals surface area contributed by atoms with Crippen molar-refractivity contribution < 1.29 is 66.7 Å². The van der Waals surface area contributed by atoms with Gasteiger partial charge in [-0.25, -0.2) is 4.79 Å². The normalized spacial score (nSPS) is 21.7. The summed E-state index contributed by atoms with van der Waals surface area (Å²) in [7, 11) is 1.02. The minimum absolute atomic E-state index is 0.0325. The number of carbonyl (C=O) groups excluding carboxylic acids is 7. The largest absolute Gasteiger partial charge is 0.464 e. The van der Waals surface area contributed by atoms with E-state index >= 15 is 0 Å². The summed E-state index contributed by atoms with van der Waals surface area (Å²) < 4.78 is 39.4. The van der Waals surface area contributed by atoms with Crippen LogP contribution in [-0.2, 0) is 66.7 Å². The van der Waals surface area contributed by atoms with Gasteiger partial charge in [-0.1, -0.05) is 34.6 Å². The van der Waals surface area contributed by atoms with Gasteiger partial charge in [-0.2, -0.15) is 0 Å². The average molecular weight is 674 g/mol. The lowest BCUT2D eigenvalue weighted by atomic mass is 9.87. The average Bonchev–Trinajstić information content (AvgIpc) is 2.99. The molecule has 6 atom stereocenters. The van der Waals surface area contributed by atoms with Gasteiger partial charge in [0.1, 0.15) is 18.8 Å². The van der Waals surface area contributed by atoms with Gasteiger partial charge in [0.2, 0.25) is 5.91 Å². The quantitative estimate of drug-likeness (QED) is 0.146. The molecule has 1 heterocycles. The third kappa shape index (κ3) is 13.5. The fraction of sp³-hybridized carbons (Fsp3) is 0.781. The molecule has 1 unspecified atom stereocenters. The van der Waals surface area contributed by atoms with Crippen LogP contribution < -0.4 is 5.32 Å². The van der Waals surface area contributed by atoms with Crippen LogP contribution in [0.15, 0.2) is 0 Å². The maximum Gasteiger partial charge on any atom is 0.379 e. The maximum absolute atomic E-state index is 13.4. The predicted octanol–water partition coefficient (Wildman–Crippen LogP) is 2.97. The van der Waals surface area contributed by atoms with E-state index in [0.29, 0.717) is 32.1 Å². The predicted molar refractivity (Wildman–Crippen MR) is 163 cm³/mol. The Morgan fingerprint density at radius 2 is 1.26 bits per heavy atom. The van der Waals surface area contributed by atoms with Gasteiger partial charge in [-0.15, -0.1) is 0 Å². The molecule has 0 aromatic heterocycles. The highest BCUT2D eigenvalue weighted by atomic mass is 16.8. The van der Waals surface area contributed by atoms with Crippen LogP contribution in [0.2, 0.25) is 0 Å². The number of ether oxygens (including phenoxy) is 7. The van der Waals surface area contributed by atoms with Gasteiger partial charge in [0.25, 0.3) is 0 Å². The van der Waals surface area contributed by atoms with Gasteiger partial charge < -0.3 is 38.5 Å². The molecule has 0 bridgehead atoms. The van der Waals surface area contributed by atoms with Crippen molar-refractivity contribution in [3.63, 3.8) is 0 Å². The maximum atomic E-state index is 13.4. The van der Waals surface area contributed by atoms with E-state index in [1.165, 1.54) is 6.92 Å². The van der Waals surface area contributed by atoms with E-state index < -0.39 is 91.0 Å². The Hall–Kier alpha value is -3.75. The van der Waals surface area contributed by atoms with Crippen LogP contribution in [0.3, 0.4) is 0 Å². The monoisotopic (exact) mass is 673 g/mol. The fourth-order valence-corrected chi connectivity index (χ4v) is 4.85. The van der Waals surface area contributed by atoms with Crippen LogP contribution in [-0.4, -0.2) is 91.7 Å². The molecule has 1 amide bonds. The lowest BCUT2D eigenvalue weighted by molar-refractivity contribution is -0.305. The smallest absolute Gasteiger partial charge is 0.379 e. The molecule has 15 nitrogen and oxygen atoms in total. The fourth-order valence-electron chi connectivity index (χ4n) is 4.85. The van der Waals surface area contributed by atoms with E-state index in [9.17, 15) is 33.6 Å². The Kier molecular flexibility index (Phi) is 18.6. The molecular weight excluding hydrogens is 622 g/mol. The first-order valence-electron chi connectivity index (χ1n) is 16.3. The van der Waals surface area contributed by atoms with E-state index in [2.05, 4.69) is 5.32 Å². The van der Waals surface area contributed by atoms with E-state index in [-0.39, 0.29) is 32.1 Å². The first-order valence-corrected chi connectivity index (χ1v) is 16.3. The van der Waals surface area contributed by atoms with Crippen LogP contribution in [0.1, 0.15) is 112 Å². The first-order chi connectivity index (χ1) is 22.3. The van der Waals surface area contributed by atoms with E-state index in [1.54, 1.807) is 34.6 Å². The summed E-state index contributed by atoms with van der Waals surface area (Å²) in [6.45, 7) is 9.23. The number of carbonyl (C=O) groups is 7. The Morgan fingerprint density at radius 3 is 1.79 bits per heavy atom. The highest BCUT2D eigenvalue weighted by Gasteiger charge is 2.60. The van der Waals surface area contributed by atoms with Crippen molar-refractivity contribution in [2.75, 3.05) is 13.7 Å². The summed E-state index contributed by atoms with van der Waals surface area (Å²) in [5, 5.41) is 2.63. The Morgan fingerprint density at radius 1 is 0.745 bits per heavy atom. The van der Waals surface area contributed by atoms with Crippen molar-refractivity contribution >= 4 is 41.7 Å². The van der Waals surface area contributed by atoms with E-state index in [1.807, 2.05) is 0 Å².